The van der Waals surface area contributed by atoms with Gasteiger partial charge in [-0.15, -0.1) is 0 Å². The van der Waals surface area contributed by atoms with Crippen LogP contribution in [0.25, 0.3) is 0 Å². The number of pyridine rings is 1. The van der Waals surface area contributed by atoms with Gasteiger partial charge in [0.15, 0.2) is 11.5 Å². The maximum atomic E-state index is 12.8. The lowest BCUT2D eigenvalue weighted by atomic mass is 9.85. The Morgan fingerprint density at radius 1 is 1.22 bits per heavy atom. The van der Waals surface area contributed by atoms with Gasteiger partial charge in [-0.3, -0.25) is 9.78 Å². The number of nitrogens with zero attached hydrogens (tertiary/aromatic N) is 2. The van der Waals surface area contributed by atoms with Gasteiger partial charge < -0.3 is 14.4 Å². The highest BCUT2D eigenvalue weighted by molar-refractivity contribution is 5.97. The van der Waals surface area contributed by atoms with Gasteiger partial charge in [0.1, 0.15) is 0 Å². The molecule has 0 spiro atoms. The number of methoxy groups -OCH3 is 2. The zero-order chi connectivity index (χ0) is 16.0. The van der Waals surface area contributed by atoms with Crippen LogP contribution in [0.3, 0.4) is 0 Å². The Labute approximate surface area is 134 Å². The number of rotatable bonds is 2. The Morgan fingerprint density at radius 2 is 2.09 bits per heavy atom. The summed E-state index contributed by atoms with van der Waals surface area (Å²) in [6, 6.07) is 7.65. The molecular formula is C18H18N2O3. The third-order valence-corrected chi connectivity index (χ3v) is 4.77. The number of carbonyl (C=O) groups excluding carboxylic acids is 1. The van der Waals surface area contributed by atoms with Gasteiger partial charge in [0, 0.05) is 24.7 Å². The van der Waals surface area contributed by atoms with E-state index in [1.165, 1.54) is 5.56 Å². The van der Waals surface area contributed by atoms with E-state index in [1.807, 2.05) is 23.1 Å². The molecule has 0 saturated carbocycles. The van der Waals surface area contributed by atoms with Gasteiger partial charge in [-0.2, -0.15) is 0 Å². The van der Waals surface area contributed by atoms with Crippen molar-refractivity contribution in [2.45, 2.75) is 18.9 Å². The van der Waals surface area contributed by atoms with Crippen LogP contribution in [-0.2, 0) is 12.8 Å². The molecule has 2 aliphatic heterocycles. The molecule has 1 amide bonds. The topological polar surface area (TPSA) is 51.7 Å². The predicted molar refractivity (Wildman–Crippen MR) is 85.0 cm³/mol. The van der Waals surface area contributed by atoms with Crippen molar-refractivity contribution in [3.63, 3.8) is 0 Å². The molecule has 1 aromatic carbocycles. The van der Waals surface area contributed by atoms with Gasteiger partial charge >= 0.3 is 0 Å². The highest BCUT2D eigenvalue weighted by atomic mass is 16.5. The van der Waals surface area contributed by atoms with Crippen LogP contribution in [0.4, 0.5) is 0 Å². The molecule has 0 bridgehead atoms. The summed E-state index contributed by atoms with van der Waals surface area (Å²) in [5.41, 5.74) is 3.85. The fourth-order valence-corrected chi connectivity index (χ4v) is 3.72. The van der Waals surface area contributed by atoms with Gasteiger partial charge in [-0.1, -0.05) is 6.07 Å². The first-order valence-electron chi connectivity index (χ1n) is 7.73. The van der Waals surface area contributed by atoms with Gasteiger partial charge in [-0.05, 0) is 30.2 Å². The van der Waals surface area contributed by atoms with E-state index in [9.17, 15) is 4.79 Å². The smallest absolute Gasteiger partial charge is 0.256 e. The Balaban J connectivity index is 1.89. The SMILES string of the molecule is COc1ccc2c(c1OC)C1Cc3ncccc3C(=O)N1CC2. The fraction of sp³-hybridized carbons (Fsp3) is 0.333. The Kier molecular flexibility index (Phi) is 3.22. The summed E-state index contributed by atoms with van der Waals surface area (Å²) in [5.74, 6) is 1.49. The summed E-state index contributed by atoms with van der Waals surface area (Å²) in [7, 11) is 3.28. The zero-order valence-corrected chi connectivity index (χ0v) is 13.2. The van der Waals surface area contributed by atoms with E-state index in [2.05, 4.69) is 11.1 Å². The second kappa shape index (κ2) is 5.26. The van der Waals surface area contributed by atoms with Crippen LogP contribution >= 0.6 is 0 Å². The van der Waals surface area contributed by atoms with Gasteiger partial charge in [-0.25, -0.2) is 0 Å². The van der Waals surface area contributed by atoms with Crippen LogP contribution in [0.1, 0.15) is 33.2 Å². The molecule has 23 heavy (non-hydrogen) atoms. The van der Waals surface area contributed by atoms with Crippen LogP contribution in [0.15, 0.2) is 30.5 Å². The largest absolute Gasteiger partial charge is 0.493 e. The molecule has 0 N–H and O–H groups in total. The molecule has 5 nitrogen and oxygen atoms in total. The normalized spacial score (nSPS) is 18.8. The third kappa shape index (κ3) is 2.00. The van der Waals surface area contributed by atoms with Crippen LogP contribution in [-0.4, -0.2) is 36.6 Å². The number of benzene rings is 1. The Bertz CT molecular complexity index is 788. The quantitative estimate of drug-likeness (QED) is 0.854. The third-order valence-electron chi connectivity index (χ3n) is 4.77. The van der Waals surface area contributed by atoms with E-state index in [1.54, 1.807) is 20.4 Å². The summed E-state index contributed by atoms with van der Waals surface area (Å²) < 4.78 is 11.1. The highest BCUT2D eigenvalue weighted by Gasteiger charge is 2.39. The number of fused-ring (bicyclic) bond motifs is 4. The minimum absolute atomic E-state index is 0.0429. The predicted octanol–water partition coefficient (Wildman–Crippen LogP) is 2.39. The second-order valence-corrected chi connectivity index (χ2v) is 5.84. The molecule has 0 saturated heterocycles. The molecule has 0 radical (unpaired) electrons. The molecule has 0 aliphatic carbocycles. The molecule has 1 aromatic heterocycles. The number of hydrogen-bond donors (Lipinski definition) is 0. The second-order valence-electron chi connectivity index (χ2n) is 5.84. The van der Waals surface area contributed by atoms with E-state index in [-0.39, 0.29) is 11.9 Å². The average molecular weight is 310 g/mol. The number of carbonyl (C=O) groups is 1. The fourth-order valence-electron chi connectivity index (χ4n) is 3.72. The maximum Gasteiger partial charge on any atom is 0.256 e. The molecule has 2 aromatic rings. The minimum atomic E-state index is -0.0429. The van der Waals surface area contributed by atoms with Crippen molar-refractivity contribution >= 4 is 5.91 Å². The van der Waals surface area contributed by atoms with E-state index in [4.69, 9.17) is 9.47 Å². The summed E-state index contributed by atoms with van der Waals surface area (Å²) in [6.07, 6.45) is 3.28. The Morgan fingerprint density at radius 3 is 2.87 bits per heavy atom. The molecule has 4 rings (SSSR count). The average Bonchev–Trinajstić information content (AvgIpc) is 2.60. The summed E-state index contributed by atoms with van der Waals surface area (Å²) in [4.78, 5) is 19.2. The van der Waals surface area contributed by atoms with Crippen molar-refractivity contribution in [1.82, 2.24) is 9.88 Å². The minimum Gasteiger partial charge on any atom is -0.493 e. The molecule has 1 unspecified atom stereocenters. The van der Waals surface area contributed by atoms with Crippen molar-refractivity contribution < 1.29 is 14.3 Å². The molecule has 5 heteroatoms. The maximum absolute atomic E-state index is 12.8. The van der Waals surface area contributed by atoms with Crippen LogP contribution in [0, 0.1) is 0 Å². The lowest BCUT2D eigenvalue weighted by molar-refractivity contribution is 0.0625. The van der Waals surface area contributed by atoms with Crippen LogP contribution < -0.4 is 9.47 Å². The molecule has 118 valence electrons. The number of ether oxygens (including phenoxy) is 2. The van der Waals surface area contributed by atoms with Crippen molar-refractivity contribution in [2.24, 2.45) is 0 Å². The number of aromatic nitrogens is 1. The molecule has 3 heterocycles. The van der Waals surface area contributed by atoms with E-state index in [0.29, 0.717) is 17.7 Å². The van der Waals surface area contributed by atoms with Gasteiger partial charge in [0.25, 0.3) is 5.91 Å². The lowest BCUT2D eigenvalue weighted by Gasteiger charge is -2.41. The summed E-state index contributed by atoms with van der Waals surface area (Å²) >= 11 is 0. The molecular weight excluding hydrogens is 292 g/mol. The number of amides is 1. The molecule has 1 atom stereocenters. The zero-order valence-electron chi connectivity index (χ0n) is 13.2. The van der Waals surface area contributed by atoms with Crippen molar-refractivity contribution in [3.8, 4) is 11.5 Å². The first-order chi connectivity index (χ1) is 11.2. The molecule has 0 fully saturated rings. The lowest BCUT2D eigenvalue weighted by Crippen LogP contribution is -2.44. The Hall–Kier alpha value is -2.56. The van der Waals surface area contributed by atoms with Crippen molar-refractivity contribution in [2.75, 3.05) is 20.8 Å². The van der Waals surface area contributed by atoms with Crippen LogP contribution in [0.5, 0.6) is 11.5 Å². The van der Waals surface area contributed by atoms with E-state index < -0.39 is 0 Å². The summed E-state index contributed by atoms with van der Waals surface area (Å²) in [6.45, 7) is 0.723. The first-order valence-corrected chi connectivity index (χ1v) is 7.73. The van der Waals surface area contributed by atoms with E-state index >= 15 is 0 Å². The van der Waals surface area contributed by atoms with Crippen molar-refractivity contribution in [1.29, 1.82) is 0 Å². The standard InChI is InChI=1S/C18H18N2O3/c1-22-15-6-5-11-7-9-20-14(16(11)17(15)23-2)10-13-12(18(20)21)4-3-8-19-13/h3-6,8,14H,7,9-10H2,1-2H3. The van der Waals surface area contributed by atoms with E-state index in [0.717, 1.165) is 30.0 Å². The monoisotopic (exact) mass is 310 g/mol. The van der Waals surface area contributed by atoms with Gasteiger partial charge in [0.05, 0.1) is 31.5 Å². The van der Waals surface area contributed by atoms with Gasteiger partial charge in [0.2, 0.25) is 0 Å². The highest BCUT2D eigenvalue weighted by Crippen LogP contribution is 2.45. The first kappa shape index (κ1) is 14.1. The van der Waals surface area contributed by atoms with Crippen molar-refractivity contribution in [3.05, 3.63) is 52.8 Å². The number of hydrogen-bond acceptors (Lipinski definition) is 4. The molecule has 2 aliphatic rings. The van der Waals surface area contributed by atoms with Crippen LogP contribution in [0.2, 0.25) is 0 Å². The summed E-state index contributed by atoms with van der Waals surface area (Å²) in [5, 5.41) is 0.